The minimum Gasteiger partial charge on any atom is -0.543 e. The van der Waals surface area contributed by atoms with Gasteiger partial charge in [-0.3, -0.25) is 0 Å². The molecule has 0 atom stereocenters. The van der Waals surface area contributed by atoms with E-state index in [1.807, 2.05) is 18.2 Å². The van der Waals surface area contributed by atoms with Crippen LogP contribution < -0.4 is 9.16 Å². The molecule has 0 N–H and O–H groups in total. The highest BCUT2D eigenvalue weighted by atomic mass is 79.9. The molecule has 0 saturated carbocycles. The summed E-state index contributed by atoms with van der Waals surface area (Å²) in [5.74, 6) is 1.83. The van der Waals surface area contributed by atoms with Crippen molar-refractivity contribution < 1.29 is 9.16 Å². The maximum atomic E-state index is 6.33. The summed E-state index contributed by atoms with van der Waals surface area (Å²) in [6.07, 6.45) is 1.68. The van der Waals surface area contributed by atoms with Crippen molar-refractivity contribution in [2.45, 2.75) is 38.9 Å². The molecular weight excluding hydrogens is 394 g/mol. The Hall–Kier alpha value is -1.04. The van der Waals surface area contributed by atoms with Gasteiger partial charge in [-0.2, -0.15) is 0 Å². The lowest BCUT2D eigenvalue weighted by Gasteiger charge is -2.36. The number of halogens is 2. The van der Waals surface area contributed by atoms with E-state index in [1.54, 1.807) is 18.3 Å². The van der Waals surface area contributed by atoms with Crippen LogP contribution in [-0.2, 0) is 0 Å². The molecule has 0 amide bonds. The molecule has 0 radical (unpaired) electrons. The predicted molar refractivity (Wildman–Crippen MR) is 101 cm³/mol. The molecule has 0 saturated heterocycles. The molecule has 0 unspecified atom stereocenters. The van der Waals surface area contributed by atoms with E-state index in [-0.39, 0.29) is 5.04 Å². The van der Waals surface area contributed by atoms with Crippen LogP contribution in [0.5, 0.6) is 17.4 Å². The quantitative estimate of drug-likeness (QED) is 0.523. The van der Waals surface area contributed by atoms with E-state index in [4.69, 9.17) is 20.8 Å². The third-order valence-electron chi connectivity index (χ3n) is 4.00. The Kier molecular flexibility index (Phi) is 5.43. The second kappa shape index (κ2) is 6.83. The summed E-state index contributed by atoms with van der Waals surface area (Å²) in [5.41, 5.74) is 0. The van der Waals surface area contributed by atoms with Crippen molar-refractivity contribution in [1.82, 2.24) is 4.98 Å². The second-order valence-electron chi connectivity index (χ2n) is 6.87. The SMILES string of the molecule is CC(C)(C)[Si](C)(C)Oc1ccc(Oc2ccc(Br)cn2)c(Cl)c1. The first-order valence-corrected chi connectivity index (χ1v) is 11.4. The number of ether oxygens (including phenoxy) is 1. The van der Waals surface area contributed by atoms with Crippen LogP contribution >= 0.6 is 27.5 Å². The van der Waals surface area contributed by atoms with Crippen molar-refractivity contribution >= 4 is 35.8 Å². The standard InChI is InChI=1S/C17H21BrClNO2Si/c1-17(2,3)23(4,5)22-13-7-8-15(14(19)10-13)21-16-9-6-12(18)11-20-16/h6-11H,1-5H3. The van der Waals surface area contributed by atoms with Crippen molar-refractivity contribution in [3.05, 3.63) is 46.0 Å². The lowest BCUT2D eigenvalue weighted by atomic mass is 10.2. The Morgan fingerprint density at radius 2 is 1.83 bits per heavy atom. The highest BCUT2D eigenvalue weighted by molar-refractivity contribution is 9.10. The van der Waals surface area contributed by atoms with Gasteiger partial charge in [0.15, 0.2) is 0 Å². The van der Waals surface area contributed by atoms with Gasteiger partial charge in [-0.25, -0.2) is 4.98 Å². The third kappa shape index (κ3) is 4.72. The highest BCUT2D eigenvalue weighted by Crippen LogP contribution is 2.39. The first kappa shape index (κ1) is 18.3. The average molecular weight is 415 g/mol. The van der Waals surface area contributed by atoms with Crippen LogP contribution in [0.2, 0.25) is 23.2 Å². The second-order valence-corrected chi connectivity index (χ2v) is 12.9. The lowest BCUT2D eigenvalue weighted by molar-refractivity contribution is 0.459. The van der Waals surface area contributed by atoms with Crippen LogP contribution in [0.25, 0.3) is 0 Å². The molecule has 1 heterocycles. The minimum atomic E-state index is -1.88. The van der Waals surface area contributed by atoms with E-state index in [0.29, 0.717) is 16.7 Å². The number of hydrogen-bond donors (Lipinski definition) is 0. The van der Waals surface area contributed by atoms with Crippen LogP contribution in [0.15, 0.2) is 41.0 Å². The summed E-state index contributed by atoms with van der Waals surface area (Å²) in [7, 11) is -1.88. The molecule has 1 aromatic carbocycles. The Morgan fingerprint density at radius 3 is 2.35 bits per heavy atom. The Morgan fingerprint density at radius 1 is 1.13 bits per heavy atom. The first-order valence-electron chi connectivity index (χ1n) is 7.36. The molecular formula is C17H21BrClNO2Si. The lowest BCUT2D eigenvalue weighted by Crippen LogP contribution is -2.43. The molecule has 0 bridgehead atoms. The van der Waals surface area contributed by atoms with Crippen molar-refractivity contribution in [3.8, 4) is 17.4 Å². The molecule has 6 heteroatoms. The number of benzene rings is 1. The maximum absolute atomic E-state index is 6.33. The maximum Gasteiger partial charge on any atom is 0.250 e. The van der Waals surface area contributed by atoms with E-state index < -0.39 is 8.32 Å². The molecule has 0 fully saturated rings. The molecule has 0 aliphatic carbocycles. The first-order chi connectivity index (χ1) is 10.6. The van der Waals surface area contributed by atoms with Gasteiger partial charge in [0, 0.05) is 22.8 Å². The number of nitrogens with zero attached hydrogens (tertiary/aromatic N) is 1. The van der Waals surface area contributed by atoms with Crippen molar-refractivity contribution in [2.24, 2.45) is 0 Å². The summed E-state index contributed by atoms with van der Waals surface area (Å²) < 4.78 is 12.9. The molecule has 2 rings (SSSR count). The molecule has 0 spiro atoms. The van der Waals surface area contributed by atoms with E-state index in [1.165, 1.54) is 0 Å². The van der Waals surface area contributed by atoms with Gasteiger partial charge in [0.1, 0.15) is 11.5 Å². The van der Waals surface area contributed by atoms with Gasteiger partial charge in [0.05, 0.1) is 5.02 Å². The Bertz CT molecular complexity index is 684. The average Bonchev–Trinajstić information content (AvgIpc) is 2.42. The molecule has 124 valence electrons. The Balaban J connectivity index is 2.16. The largest absolute Gasteiger partial charge is 0.543 e. The fraction of sp³-hybridized carbons (Fsp3) is 0.353. The van der Waals surface area contributed by atoms with Gasteiger partial charge in [0.2, 0.25) is 14.2 Å². The monoisotopic (exact) mass is 413 g/mol. The van der Waals surface area contributed by atoms with Gasteiger partial charge in [-0.15, -0.1) is 0 Å². The molecule has 0 aliphatic rings. The fourth-order valence-electron chi connectivity index (χ4n) is 1.61. The Labute approximate surface area is 152 Å². The molecule has 3 nitrogen and oxygen atoms in total. The van der Waals surface area contributed by atoms with Gasteiger partial charge >= 0.3 is 0 Å². The molecule has 23 heavy (non-hydrogen) atoms. The third-order valence-corrected chi connectivity index (χ3v) is 9.12. The van der Waals surface area contributed by atoms with Gasteiger partial charge in [-0.1, -0.05) is 32.4 Å². The molecule has 0 aliphatic heterocycles. The van der Waals surface area contributed by atoms with Gasteiger partial charge in [-0.05, 0) is 52.3 Å². The van der Waals surface area contributed by atoms with Gasteiger partial charge in [0.25, 0.3) is 0 Å². The van der Waals surface area contributed by atoms with Crippen molar-refractivity contribution in [1.29, 1.82) is 0 Å². The van der Waals surface area contributed by atoms with Gasteiger partial charge < -0.3 is 9.16 Å². The summed E-state index contributed by atoms with van der Waals surface area (Å²) in [6.45, 7) is 11.0. The smallest absolute Gasteiger partial charge is 0.250 e. The van der Waals surface area contributed by atoms with Crippen molar-refractivity contribution in [2.75, 3.05) is 0 Å². The normalized spacial score (nSPS) is 12.1. The van der Waals surface area contributed by atoms with Crippen LogP contribution in [0.4, 0.5) is 0 Å². The van der Waals surface area contributed by atoms with E-state index >= 15 is 0 Å². The van der Waals surface area contributed by atoms with Crippen LogP contribution in [0.1, 0.15) is 20.8 Å². The summed E-state index contributed by atoms with van der Waals surface area (Å²) in [5, 5.41) is 0.640. The number of aromatic nitrogens is 1. The predicted octanol–water partition coefficient (Wildman–Crippen LogP) is 6.67. The topological polar surface area (TPSA) is 31.4 Å². The zero-order valence-corrected chi connectivity index (χ0v) is 17.3. The van der Waals surface area contributed by atoms with Crippen LogP contribution in [0.3, 0.4) is 0 Å². The molecule has 2 aromatic rings. The van der Waals surface area contributed by atoms with E-state index in [0.717, 1.165) is 10.2 Å². The zero-order valence-electron chi connectivity index (χ0n) is 14.0. The fourth-order valence-corrected chi connectivity index (χ4v) is 3.08. The van der Waals surface area contributed by atoms with Crippen molar-refractivity contribution in [3.63, 3.8) is 0 Å². The van der Waals surface area contributed by atoms with E-state index in [9.17, 15) is 0 Å². The highest BCUT2D eigenvalue weighted by Gasteiger charge is 2.39. The van der Waals surface area contributed by atoms with Crippen LogP contribution in [-0.4, -0.2) is 13.3 Å². The number of pyridine rings is 1. The summed E-state index contributed by atoms with van der Waals surface area (Å²) in [6, 6.07) is 9.15. The molecule has 1 aromatic heterocycles. The summed E-state index contributed by atoms with van der Waals surface area (Å²) >= 11 is 9.67. The zero-order chi connectivity index (χ0) is 17.3. The number of rotatable bonds is 4. The van der Waals surface area contributed by atoms with Crippen LogP contribution in [0, 0.1) is 0 Å². The van der Waals surface area contributed by atoms with E-state index in [2.05, 4.69) is 54.8 Å². The minimum absolute atomic E-state index is 0.135. The number of hydrogen-bond acceptors (Lipinski definition) is 3. The summed E-state index contributed by atoms with van der Waals surface area (Å²) in [4.78, 5) is 4.18.